The van der Waals surface area contributed by atoms with E-state index in [0.717, 1.165) is 30.2 Å². The Balaban J connectivity index is 1.64. The largest absolute Gasteiger partial charge is 0.492 e. The first-order chi connectivity index (χ1) is 12.2. The molecule has 0 radical (unpaired) electrons. The third-order valence-corrected chi connectivity index (χ3v) is 5.28. The lowest BCUT2D eigenvalue weighted by molar-refractivity contribution is 0.0981. The second-order valence-electron chi connectivity index (χ2n) is 6.86. The number of rotatable bonds is 5. The Hall–Kier alpha value is -1.86. The molecule has 2 aliphatic heterocycles. The first kappa shape index (κ1) is 17.9. The number of nitrogens with two attached hydrogens (primary N) is 1. The first-order valence-corrected chi connectivity index (χ1v) is 9.26. The number of anilines is 1. The molecule has 2 N–H and O–H groups in total. The summed E-state index contributed by atoms with van der Waals surface area (Å²) in [4.78, 5) is 7.52. The van der Waals surface area contributed by atoms with Crippen LogP contribution < -0.4 is 15.5 Å². The van der Waals surface area contributed by atoms with Gasteiger partial charge >= 0.3 is 0 Å². The van der Waals surface area contributed by atoms with Crippen molar-refractivity contribution < 1.29 is 4.74 Å². The summed E-state index contributed by atoms with van der Waals surface area (Å²) in [5.41, 5.74) is 1.87. The van der Waals surface area contributed by atoms with E-state index < -0.39 is 0 Å². The Bertz CT molecular complexity index is 577. The van der Waals surface area contributed by atoms with E-state index in [9.17, 15) is 0 Å². The van der Waals surface area contributed by atoms with Crippen molar-refractivity contribution in [2.45, 2.75) is 25.8 Å². The summed E-state index contributed by atoms with van der Waals surface area (Å²) < 4.78 is 5.83. The zero-order valence-corrected chi connectivity index (χ0v) is 15.4. The molecule has 0 atom stereocenters. The standard InChI is InChI=1S/C18H30N6O/c1-3-25-18-14-15(20-21-19)4-5-17(18)24-8-6-16(7-9-24)23-12-10-22(2)11-13-23/h4-5,14,16H,3,6-13H2,1-2H3,(H2,19,20). The Kier molecular flexibility index (Phi) is 6.09. The molecule has 0 aliphatic carbocycles. The number of likely N-dealkylation sites (N-methyl/N-ethyl adjacent to an activating group) is 1. The van der Waals surface area contributed by atoms with Gasteiger partial charge in [0.05, 0.1) is 18.0 Å². The van der Waals surface area contributed by atoms with Crippen LogP contribution in [0.5, 0.6) is 5.75 Å². The van der Waals surface area contributed by atoms with Gasteiger partial charge in [0.2, 0.25) is 0 Å². The van der Waals surface area contributed by atoms with Crippen LogP contribution in [0, 0.1) is 0 Å². The summed E-state index contributed by atoms with van der Waals surface area (Å²) in [5.74, 6) is 6.03. The second kappa shape index (κ2) is 8.49. The molecule has 0 unspecified atom stereocenters. The second-order valence-corrected chi connectivity index (χ2v) is 6.86. The minimum absolute atomic E-state index is 0.633. The fourth-order valence-corrected chi connectivity index (χ4v) is 3.82. The molecule has 1 aromatic carbocycles. The van der Waals surface area contributed by atoms with E-state index >= 15 is 0 Å². The third-order valence-electron chi connectivity index (χ3n) is 5.28. The summed E-state index contributed by atoms with van der Waals surface area (Å²) in [7, 11) is 2.21. The van der Waals surface area contributed by atoms with Crippen LogP contribution in [-0.4, -0.2) is 68.8 Å². The summed E-state index contributed by atoms with van der Waals surface area (Å²) >= 11 is 0. The SMILES string of the molecule is CCOc1cc(N=NN)ccc1N1CCC(N2CCN(C)CC2)CC1. The zero-order chi connectivity index (χ0) is 17.6. The first-order valence-electron chi connectivity index (χ1n) is 9.26. The van der Waals surface area contributed by atoms with Gasteiger partial charge in [0.1, 0.15) is 5.75 Å². The average Bonchev–Trinajstić information content (AvgIpc) is 2.64. The minimum Gasteiger partial charge on any atom is -0.492 e. The normalized spacial score (nSPS) is 21.1. The molecule has 2 fully saturated rings. The highest BCUT2D eigenvalue weighted by molar-refractivity contribution is 5.64. The molecule has 25 heavy (non-hydrogen) atoms. The Labute approximate surface area is 150 Å². The maximum Gasteiger partial charge on any atom is 0.144 e. The highest BCUT2D eigenvalue weighted by Crippen LogP contribution is 2.34. The molecule has 138 valence electrons. The lowest BCUT2D eigenvalue weighted by atomic mass is 10.0. The lowest BCUT2D eigenvalue weighted by Gasteiger charge is -2.42. The highest BCUT2D eigenvalue weighted by atomic mass is 16.5. The van der Waals surface area contributed by atoms with Crippen LogP contribution in [0.1, 0.15) is 19.8 Å². The van der Waals surface area contributed by atoms with Gasteiger partial charge in [-0.2, -0.15) is 0 Å². The number of benzene rings is 1. The van der Waals surface area contributed by atoms with E-state index in [4.69, 9.17) is 10.6 Å². The molecule has 0 spiro atoms. The predicted octanol–water partition coefficient (Wildman–Crippen LogP) is 2.26. The Morgan fingerprint density at radius 1 is 1.12 bits per heavy atom. The van der Waals surface area contributed by atoms with Crippen molar-refractivity contribution in [2.24, 2.45) is 16.2 Å². The number of piperazine rings is 1. The van der Waals surface area contributed by atoms with E-state index in [0.29, 0.717) is 12.6 Å². The molecule has 2 heterocycles. The van der Waals surface area contributed by atoms with Crippen LogP contribution in [-0.2, 0) is 0 Å². The molecule has 0 bridgehead atoms. The summed E-state index contributed by atoms with van der Waals surface area (Å²) in [6.07, 6.45) is 2.42. The molecule has 2 aliphatic rings. The van der Waals surface area contributed by atoms with Gasteiger partial charge in [0, 0.05) is 51.4 Å². The molecular weight excluding hydrogens is 316 g/mol. The van der Waals surface area contributed by atoms with Crippen molar-refractivity contribution in [3.63, 3.8) is 0 Å². The molecule has 2 saturated heterocycles. The molecule has 7 heteroatoms. The molecule has 0 aromatic heterocycles. The number of piperidine rings is 1. The van der Waals surface area contributed by atoms with Crippen molar-refractivity contribution in [1.82, 2.24) is 9.80 Å². The van der Waals surface area contributed by atoms with Crippen LogP contribution in [0.2, 0.25) is 0 Å². The number of hydrogen-bond donors (Lipinski definition) is 1. The maximum atomic E-state index is 5.83. The van der Waals surface area contributed by atoms with Gasteiger partial charge in [0.15, 0.2) is 0 Å². The van der Waals surface area contributed by atoms with Crippen molar-refractivity contribution in [2.75, 3.05) is 57.8 Å². The third kappa shape index (κ3) is 4.41. The summed E-state index contributed by atoms with van der Waals surface area (Å²) in [6.45, 7) is 9.53. The van der Waals surface area contributed by atoms with Gasteiger partial charge in [0.25, 0.3) is 0 Å². The molecule has 1 aromatic rings. The van der Waals surface area contributed by atoms with Crippen LogP contribution in [0.25, 0.3) is 0 Å². The quantitative estimate of drug-likeness (QED) is 0.503. The summed E-state index contributed by atoms with van der Waals surface area (Å²) in [5, 5.41) is 7.27. The minimum atomic E-state index is 0.633. The van der Waals surface area contributed by atoms with Crippen LogP contribution >= 0.6 is 0 Å². The van der Waals surface area contributed by atoms with Crippen molar-refractivity contribution in [3.8, 4) is 5.75 Å². The lowest BCUT2D eigenvalue weighted by Crippen LogP contribution is -2.52. The highest BCUT2D eigenvalue weighted by Gasteiger charge is 2.27. The maximum absolute atomic E-state index is 5.83. The predicted molar refractivity (Wildman–Crippen MR) is 101 cm³/mol. The molecule has 0 amide bonds. The number of hydrogen-bond acceptors (Lipinski definition) is 6. The van der Waals surface area contributed by atoms with E-state index in [1.165, 1.54) is 39.0 Å². The topological polar surface area (TPSA) is 69.7 Å². The molecular formula is C18H30N6O. The van der Waals surface area contributed by atoms with Crippen LogP contribution in [0.4, 0.5) is 11.4 Å². The van der Waals surface area contributed by atoms with E-state index in [-0.39, 0.29) is 0 Å². The zero-order valence-electron chi connectivity index (χ0n) is 15.4. The van der Waals surface area contributed by atoms with Gasteiger partial charge in [-0.05, 0) is 38.9 Å². The van der Waals surface area contributed by atoms with Gasteiger partial charge in [-0.15, -0.1) is 5.11 Å². The van der Waals surface area contributed by atoms with E-state index in [2.05, 4.69) is 38.2 Å². The van der Waals surface area contributed by atoms with Gasteiger partial charge in [-0.3, -0.25) is 4.90 Å². The van der Waals surface area contributed by atoms with Crippen molar-refractivity contribution in [3.05, 3.63) is 18.2 Å². The fourth-order valence-electron chi connectivity index (χ4n) is 3.82. The van der Waals surface area contributed by atoms with Crippen molar-refractivity contribution >= 4 is 11.4 Å². The average molecular weight is 346 g/mol. The molecule has 0 saturated carbocycles. The monoisotopic (exact) mass is 346 g/mol. The van der Waals surface area contributed by atoms with E-state index in [1.54, 1.807) is 0 Å². The fraction of sp³-hybridized carbons (Fsp3) is 0.667. The summed E-state index contributed by atoms with van der Waals surface area (Å²) in [6, 6.07) is 6.65. The number of ether oxygens (including phenoxy) is 1. The Morgan fingerprint density at radius 3 is 2.48 bits per heavy atom. The van der Waals surface area contributed by atoms with Gasteiger partial charge in [-0.1, -0.05) is 5.22 Å². The molecule has 7 nitrogen and oxygen atoms in total. The van der Waals surface area contributed by atoms with Gasteiger partial charge in [-0.25, -0.2) is 0 Å². The smallest absolute Gasteiger partial charge is 0.144 e. The number of nitrogens with zero attached hydrogens (tertiary/aromatic N) is 5. The van der Waals surface area contributed by atoms with E-state index in [1.807, 2.05) is 19.1 Å². The Morgan fingerprint density at radius 2 is 1.84 bits per heavy atom. The molecule has 3 rings (SSSR count). The van der Waals surface area contributed by atoms with Crippen LogP contribution in [0.3, 0.4) is 0 Å². The van der Waals surface area contributed by atoms with Crippen molar-refractivity contribution in [1.29, 1.82) is 0 Å². The van der Waals surface area contributed by atoms with Crippen LogP contribution in [0.15, 0.2) is 28.5 Å². The van der Waals surface area contributed by atoms with Gasteiger partial charge < -0.3 is 20.4 Å².